The Kier molecular flexibility index (Phi) is 38.7. The van der Waals surface area contributed by atoms with Crippen molar-refractivity contribution in [3.8, 4) is 5.75 Å². The number of nitrogens with one attached hydrogen (secondary N) is 10. The second-order valence-electron chi connectivity index (χ2n) is 23.7. The lowest BCUT2D eigenvalue weighted by Crippen LogP contribution is -2.62. The second kappa shape index (κ2) is 44.3. The number of hydrogen-bond acceptors (Lipinski definition) is 20. The molecular weight excluding hydrogens is 1320 g/mol. The van der Waals surface area contributed by atoms with Crippen molar-refractivity contribution in [2.75, 3.05) is 56.3 Å². The summed E-state index contributed by atoms with van der Waals surface area (Å²) in [6.45, 7) is 7.08. The molecule has 2 rings (SSSR count). The molecule has 0 saturated carbocycles. The Morgan fingerprint density at radius 3 is 1.44 bits per heavy atom. The molecule has 0 bridgehead atoms. The number of likely N-dealkylation sites (tertiary alicyclic amines) is 1. The number of phenolic OH excluding ortho intramolecular Hbond substituents is 1. The maximum Gasteiger partial charge on any atom is 0.245 e. The molecule has 0 unspecified atom stereocenters. The summed E-state index contributed by atoms with van der Waals surface area (Å²) in [6.07, 6.45) is 2.46. The molecule has 1 fully saturated rings. The number of phenols is 1. The summed E-state index contributed by atoms with van der Waals surface area (Å²) in [4.78, 5) is 179. The molecule has 1 aliphatic rings. The number of carbonyl (C=O) groups excluding carboxylic acids is 12. The SMILES string of the molecule is CSCC[C@H](NC(=O)[C@H](CS)NC(=O)[C@H](CCCN=C(N)N)NC(C)=O)C(=O)N[C@@H](CC(C)C)C(=O)N[C@H](CO)C(=O)N[C@@H](CCCN=C(N)N)C(=O)N[C@H](C(=O)N[C@@H](Cc1ccc(O)cc1)C(=O)N[C@@H](CCCN=C(N)N)C(=O)N1CCC[C@H]1C(=O)N[C@@H](CS)C(N)=O)C(C)C. The Bertz CT molecular complexity index is 2900. The second-order valence-corrected chi connectivity index (χ2v) is 25.5. The highest BCUT2D eigenvalue weighted by Crippen LogP contribution is 2.21. The van der Waals surface area contributed by atoms with Crippen LogP contribution in [0.15, 0.2) is 39.2 Å². The monoisotopic (exact) mass is 1420 g/mol. The number of benzene rings is 1. The van der Waals surface area contributed by atoms with E-state index < -0.39 is 150 Å². The van der Waals surface area contributed by atoms with Crippen molar-refractivity contribution in [1.29, 1.82) is 0 Å². The zero-order valence-corrected chi connectivity index (χ0v) is 58.3. The average Bonchev–Trinajstić information content (AvgIpc) is 1.77. The molecule has 544 valence electrons. The number of hydrogen-bond donors (Lipinski definition) is 21. The topological polar surface area (TPSA) is 588 Å². The molecule has 1 aromatic rings. The third kappa shape index (κ3) is 31.5. The highest BCUT2D eigenvalue weighted by molar-refractivity contribution is 7.98. The van der Waals surface area contributed by atoms with Crippen LogP contribution in [0.25, 0.3) is 0 Å². The fourth-order valence-corrected chi connectivity index (χ4v) is 10.9. The van der Waals surface area contributed by atoms with Crippen LogP contribution in [0.3, 0.4) is 0 Å². The van der Waals surface area contributed by atoms with E-state index in [2.05, 4.69) is 93.4 Å². The molecule has 38 heteroatoms. The summed E-state index contributed by atoms with van der Waals surface area (Å²) in [7, 11) is 0. The summed E-state index contributed by atoms with van der Waals surface area (Å²) in [5.41, 5.74) is 38.9. The first-order chi connectivity index (χ1) is 45.8. The molecule has 26 N–H and O–H groups in total. The molecule has 1 saturated heterocycles. The number of carbonyl (C=O) groups is 12. The number of aliphatic hydroxyl groups is 1. The predicted molar refractivity (Wildman–Crippen MR) is 373 cm³/mol. The Balaban J connectivity index is 2.49. The van der Waals surface area contributed by atoms with E-state index in [-0.39, 0.29) is 131 Å². The molecule has 1 aromatic carbocycles. The number of thiol groups is 2. The number of primary amides is 1. The third-order valence-corrected chi connectivity index (χ3v) is 16.3. The molecule has 0 aliphatic carbocycles. The minimum Gasteiger partial charge on any atom is -0.508 e. The van der Waals surface area contributed by atoms with Crippen LogP contribution in [0.1, 0.15) is 104 Å². The molecule has 1 heterocycles. The van der Waals surface area contributed by atoms with E-state index in [1.165, 1.54) is 47.9 Å². The van der Waals surface area contributed by atoms with Gasteiger partial charge in [0.15, 0.2) is 17.9 Å². The fourth-order valence-electron chi connectivity index (χ4n) is 9.89. The lowest BCUT2D eigenvalue weighted by Gasteiger charge is -2.31. The molecule has 12 amide bonds. The van der Waals surface area contributed by atoms with E-state index in [9.17, 15) is 67.7 Å². The van der Waals surface area contributed by atoms with Gasteiger partial charge in [-0.25, -0.2) is 0 Å². The van der Waals surface area contributed by atoms with Crippen molar-refractivity contribution < 1.29 is 67.7 Å². The van der Waals surface area contributed by atoms with E-state index >= 15 is 0 Å². The van der Waals surface area contributed by atoms with Gasteiger partial charge in [-0.3, -0.25) is 72.5 Å². The highest BCUT2D eigenvalue weighted by Gasteiger charge is 2.41. The van der Waals surface area contributed by atoms with Gasteiger partial charge in [-0.2, -0.15) is 37.0 Å². The van der Waals surface area contributed by atoms with Crippen molar-refractivity contribution in [3.05, 3.63) is 29.8 Å². The first kappa shape index (κ1) is 84.6. The summed E-state index contributed by atoms with van der Waals surface area (Å²) in [5.74, 6) is -11.7. The van der Waals surface area contributed by atoms with E-state index in [1.54, 1.807) is 34.0 Å². The van der Waals surface area contributed by atoms with Gasteiger partial charge in [0.2, 0.25) is 70.9 Å². The molecule has 0 aromatic heterocycles. The van der Waals surface area contributed by atoms with Gasteiger partial charge >= 0.3 is 0 Å². The Labute approximate surface area is 579 Å². The first-order valence-electron chi connectivity index (χ1n) is 31.6. The van der Waals surface area contributed by atoms with Crippen molar-refractivity contribution in [3.63, 3.8) is 0 Å². The molecule has 0 radical (unpaired) electrons. The van der Waals surface area contributed by atoms with E-state index in [1.807, 2.05) is 0 Å². The van der Waals surface area contributed by atoms with Crippen LogP contribution in [-0.4, -0.2) is 227 Å². The Morgan fingerprint density at radius 2 is 0.969 bits per heavy atom. The number of aliphatic imine (C=N–C) groups is 3. The van der Waals surface area contributed by atoms with E-state index in [0.29, 0.717) is 17.7 Å². The molecule has 97 heavy (non-hydrogen) atoms. The highest BCUT2D eigenvalue weighted by atomic mass is 32.2. The van der Waals surface area contributed by atoms with Crippen molar-refractivity contribution in [2.45, 2.75) is 172 Å². The van der Waals surface area contributed by atoms with Gasteiger partial charge < -0.3 is 108 Å². The molecule has 35 nitrogen and oxygen atoms in total. The number of nitrogens with two attached hydrogens (primary N) is 7. The van der Waals surface area contributed by atoms with Crippen LogP contribution in [0.4, 0.5) is 0 Å². The number of rotatable bonds is 44. The number of thioether (sulfide) groups is 1. The van der Waals surface area contributed by atoms with Crippen molar-refractivity contribution in [1.82, 2.24) is 58.1 Å². The van der Waals surface area contributed by atoms with Crippen LogP contribution in [0, 0.1) is 11.8 Å². The van der Waals surface area contributed by atoms with Gasteiger partial charge in [-0.1, -0.05) is 39.8 Å². The van der Waals surface area contributed by atoms with Gasteiger partial charge in [-0.15, -0.1) is 0 Å². The lowest BCUT2D eigenvalue weighted by atomic mass is 9.99. The Morgan fingerprint density at radius 1 is 0.546 bits per heavy atom. The number of guanidine groups is 3. The van der Waals surface area contributed by atoms with Gasteiger partial charge in [0.25, 0.3) is 0 Å². The first-order valence-corrected chi connectivity index (χ1v) is 34.3. The van der Waals surface area contributed by atoms with E-state index in [0.717, 1.165) is 0 Å². The lowest BCUT2D eigenvalue weighted by molar-refractivity contribution is -0.142. The smallest absolute Gasteiger partial charge is 0.245 e. The molecular formula is C59H101N21O14S3. The summed E-state index contributed by atoms with van der Waals surface area (Å²) in [5, 5.41) is 46.6. The number of nitrogens with zero attached hydrogens (tertiary/aromatic N) is 4. The molecule has 1 aliphatic heterocycles. The maximum absolute atomic E-state index is 14.7. The third-order valence-electron chi connectivity index (χ3n) is 14.9. The van der Waals surface area contributed by atoms with Crippen molar-refractivity contribution in [2.24, 2.45) is 66.9 Å². The van der Waals surface area contributed by atoms with Crippen LogP contribution >= 0.6 is 37.0 Å². The number of aliphatic hydroxyl groups excluding tert-OH is 1. The van der Waals surface area contributed by atoms with Gasteiger partial charge in [0, 0.05) is 51.0 Å². The minimum absolute atomic E-state index is 0.0215. The quantitative estimate of drug-likeness (QED) is 0.0125. The largest absolute Gasteiger partial charge is 0.508 e. The van der Waals surface area contributed by atoms with Crippen LogP contribution in [0.5, 0.6) is 5.75 Å². The minimum atomic E-state index is -1.77. The molecule has 11 atom stereocenters. The van der Waals surface area contributed by atoms with Crippen LogP contribution < -0.4 is 93.3 Å². The number of aromatic hydroxyl groups is 1. The maximum atomic E-state index is 14.7. The van der Waals surface area contributed by atoms with Crippen LogP contribution in [-0.2, 0) is 64.0 Å². The normalized spacial score (nSPS) is 15.7. The van der Waals surface area contributed by atoms with Crippen LogP contribution in [0.2, 0.25) is 0 Å². The van der Waals surface area contributed by atoms with Crippen molar-refractivity contribution >= 4 is 126 Å². The Hall–Kier alpha value is -8.52. The zero-order chi connectivity index (χ0) is 73.1. The standard InChI is InChI=1S/C59H101N21O14S3/c1-30(2)25-39(74-48(86)37(19-24-97-6)72-53(91)43(29-96)78-47(85)35(70-32(5)82)11-7-20-67-57(61)62)50(88)76-41(27-81)52(90)71-36(12-8-21-68-58(63)64)49(87)79-45(31(3)4)55(93)75-40(26-33-15-17-34(83)18-16-33)51(89)73-38(13-9-22-69-59(65)66)56(94)80-23-10-14-44(80)54(92)77-42(28-95)46(60)84/h15-18,30-31,35-45,81,83,95-96H,7-14,19-29H2,1-6H3,(H2,60,84)(H,70,82)(H,71,90)(H,72,91)(H,73,89)(H,74,86)(H,75,93)(H,76,88)(H,77,92)(H,78,85)(H,79,87)(H4,61,62,67)(H4,63,64,68)(H4,65,66,69)/t35-,36-,37-,38-,39-,40-,41+,42-,43-,44-,45-/m0/s1. The zero-order valence-electron chi connectivity index (χ0n) is 55.7. The predicted octanol–water partition coefficient (Wildman–Crippen LogP) is -6.25. The van der Waals surface area contributed by atoms with Gasteiger partial charge in [-0.05, 0) is 106 Å². The van der Waals surface area contributed by atoms with Gasteiger partial charge in [0.1, 0.15) is 72.2 Å². The number of amides is 12. The van der Waals surface area contributed by atoms with Gasteiger partial charge in [0.05, 0.1) is 6.61 Å². The van der Waals surface area contributed by atoms with E-state index in [4.69, 9.17) is 40.1 Å². The average molecular weight is 1420 g/mol. The fraction of sp³-hybridized carbons (Fsp3) is 0.644. The summed E-state index contributed by atoms with van der Waals surface area (Å²) >= 11 is 9.70. The summed E-state index contributed by atoms with van der Waals surface area (Å²) in [6, 6.07) is -9.18. The molecule has 0 spiro atoms. The summed E-state index contributed by atoms with van der Waals surface area (Å²) < 4.78 is 0.